The van der Waals surface area contributed by atoms with E-state index in [-0.39, 0.29) is 0 Å². The van der Waals surface area contributed by atoms with Gasteiger partial charge in [0, 0.05) is 23.5 Å². The molecule has 1 heterocycles. The van der Waals surface area contributed by atoms with Crippen LogP contribution in [0.3, 0.4) is 0 Å². The number of pyridine rings is 1. The van der Waals surface area contributed by atoms with Gasteiger partial charge in [0.15, 0.2) is 0 Å². The standard InChI is InChI=1S/C18H23N3/c1-11-3-2-4-14-9-15(10-19)18(20-16(11)14)21-17(12-5-6-12)13-7-8-13/h2-4,9,12-13,17H,5-8,10,19H2,1H3,(H,20,21). The molecule has 0 bridgehead atoms. The van der Waals surface area contributed by atoms with E-state index in [1.807, 2.05) is 0 Å². The summed E-state index contributed by atoms with van der Waals surface area (Å²) in [6.45, 7) is 2.67. The van der Waals surface area contributed by atoms with Gasteiger partial charge in [0.2, 0.25) is 0 Å². The van der Waals surface area contributed by atoms with Crippen LogP contribution in [0.25, 0.3) is 10.9 Å². The Morgan fingerprint density at radius 2 is 1.95 bits per heavy atom. The molecular weight excluding hydrogens is 258 g/mol. The summed E-state index contributed by atoms with van der Waals surface area (Å²) in [6.07, 6.45) is 5.49. The highest BCUT2D eigenvalue weighted by molar-refractivity contribution is 5.84. The number of nitrogens with one attached hydrogen (secondary N) is 1. The first-order valence-electron chi connectivity index (χ1n) is 8.12. The topological polar surface area (TPSA) is 50.9 Å². The fourth-order valence-electron chi connectivity index (χ4n) is 3.36. The summed E-state index contributed by atoms with van der Waals surface area (Å²) in [5.74, 6) is 2.73. The minimum Gasteiger partial charge on any atom is -0.366 e. The van der Waals surface area contributed by atoms with E-state index in [9.17, 15) is 0 Å². The van der Waals surface area contributed by atoms with Crippen LogP contribution in [0.1, 0.15) is 36.8 Å². The smallest absolute Gasteiger partial charge is 0.131 e. The summed E-state index contributed by atoms with van der Waals surface area (Å²) in [5.41, 5.74) is 9.43. The van der Waals surface area contributed by atoms with Crippen LogP contribution < -0.4 is 11.1 Å². The molecule has 0 radical (unpaired) electrons. The normalized spacial score (nSPS) is 18.4. The zero-order valence-electron chi connectivity index (χ0n) is 12.6. The fraction of sp³-hybridized carbons (Fsp3) is 0.500. The van der Waals surface area contributed by atoms with E-state index in [2.05, 4.69) is 36.5 Å². The molecule has 2 aliphatic carbocycles. The summed E-state index contributed by atoms with van der Waals surface area (Å²) in [4.78, 5) is 4.91. The maximum atomic E-state index is 5.96. The monoisotopic (exact) mass is 281 g/mol. The zero-order valence-corrected chi connectivity index (χ0v) is 12.6. The van der Waals surface area contributed by atoms with Gasteiger partial charge in [0.1, 0.15) is 5.82 Å². The van der Waals surface area contributed by atoms with Crippen LogP contribution in [0, 0.1) is 18.8 Å². The van der Waals surface area contributed by atoms with E-state index in [4.69, 9.17) is 10.7 Å². The number of hydrogen-bond donors (Lipinski definition) is 2. The van der Waals surface area contributed by atoms with Crippen molar-refractivity contribution in [3.63, 3.8) is 0 Å². The molecule has 110 valence electrons. The van der Waals surface area contributed by atoms with Gasteiger partial charge in [0.25, 0.3) is 0 Å². The molecule has 1 aromatic carbocycles. The van der Waals surface area contributed by atoms with Gasteiger partial charge in [-0.25, -0.2) is 4.98 Å². The van der Waals surface area contributed by atoms with E-state index >= 15 is 0 Å². The van der Waals surface area contributed by atoms with Crippen molar-refractivity contribution >= 4 is 16.7 Å². The van der Waals surface area contributed by atoms with Crippen molar-refractivity contribution in [2.45, 2.75) is 45.2 Å². The average molecular weight is 281 g/mol. The maximum Gasteiger partial charge on any atom is 0.131 e. The van der Waals surface area contributed by atoms with E-state index in [1.165, 1.54) is 36.6 Å². The van der Waals surface area contributed by atoms with Crippen LogP contribution in [0.2, 0.25) is 0 Å². The molecule has 3 heteroatoms. The maximum absolute atomic E-state index is 5.96. The molecule has 21 heavy (non-hydrogen) atoms. The number of benzene rings is 1. The zero-order chi connectivity index (χ0) is 14.4. The minimum atomic E-state index is 0.543. The molecule has 2 saturated carbocycles. The Hall–Kier alpha value is -1.61. The number of nitrogens with zero attached hydrogens (tertiary/aromatic N) is 1. The second kappa shape index (κ2) is 4.99. The van der Waals surface area contributed by atoms with Gasteiger partial charge < -0.3 is 11.1 Å². The lowest BCUT2D eigenvalue weighted by Crippen LogP contribution is -2.26. The van der Waals surface area contributed by atoms with Crippen molar-refractivity contribution in [1.82, 2.24) is 4.98 Å². The molecule has 0 saturated heterocycles. The molecule has 0 atom stereocenters. The van der Waals surface area contributed by atoms with E-state index in [0.717, 1.165) is 28.7 Å². The van der Waals surface area contributed by atoms with Crippen LogP contribution >= 0.6 is 0 Å². The highest BCUT2D eigenvalue weighted by atomic mass is 15.0. The lowest BCUT2D eigenvalue weighted by Gasteiger charge is -2.21. The molecule has 2 aromatic rings. The van der Waals surface area contributed by atoms with Crippen molar-refractivity contribution in [2.24, 2.45) is 17.6 Å². The summed E-state index contributed by atoms with van der Waals surface area (Å²) < 4.78 is 0. The quantitative estimate of drug-likeness (QED) is 0.880. The van der Waals surface area contributed by atoms with Crippen LogP contribution in [0.15, 0.2) is 24.3 Å². The molecule has 0 unspecified atom stereocenters. The molecular formula is C18H23N3. The number of rotatable bonds is 5. The number of hydrogen-bond acceptors (Lipinski definition) is 3. The fourth-order valence-corrected chi connectivity index (χ4v) is 3.36. The van der Waals surface area contributed by atoms with Gasteiger partial charge in [-0.05, 0) is 56.1 Å². The lowest BCUT2D eigenvalue weighted by molar-refractivity contribution is 0.565. The predicted octanol–water partition coefficient (Wildman–Crippen LogP) is 3.60. The second-order valence-corrected chi connectivity index (χ2v) is 6.69. The number of para-hydroxylation sites is 1. The highest BCUT2D eigenvalue weighted by Crippen LogP contribution is 2.46. The Morgan fingerprint density at radius 3 is 2.57 bits per heavy atom. The first-order valence-corrected chi connectivity index (χ1v) is 8.12. The Balaban J connectivity index is 1.73. The van der Waals surface area contributed by atoms with Crippen molar-refractivity contribution in [3.8, 4) is 0 Å². The van der Waals surface area contributed by atoms with Gasteiger partial charge in [0.05, 0.1) is 5.52 Å². The van der Waals surface area contributed by atoms with Crippen molar-refractivity contribution in [2.75, 3.05) is 5.32 Å². The van der Waals surface area contributed by atoms with Gasteiger partial charge >= 0.3 is 0 Å². The van der Waals surface area contributed by atoms with Crippen LogP contribution in [0.4, 0.5) is 5.82 Å². The molecule has 3 nitrogen and oxygen atoms in total. The van der Waals surface area contributed by atoms with Crippen molar-refractivity contribution in [3.05, 3.63) is 35.4 Å². The lowest BCUT2D eigenvalue weighted by atomic mass is 10.1. The van der Waals surface area contributed by atoms with Gasteiger partial charge in [-0.15, -0.1) is 0 Å². The first-order chi connectivity index (χ1) is 10.3. The van der Waals surface area contributed by atoms with Crippen LogP contribution in [-0.2, 0) is 6.54 Å². The highest BCUT2D eigenvalue weighted by Gasteiger charge is 2.41. The van der Waals surface area contributed by atoms with Gasteiger partial charge in [-0.1, -0.05) is 18.2 Å². The molecule has 1 aromatic heterocycles. The molecule has 0 amide bonds. The molecule has 2 fully saturated rings. The molecule has 0 aliphatic heterocycles. The van der Waals surface area contributed by atoms with Gasteiger partial charge in [-0.2, -0.15) is 0 Å². The van der Waals surface area contributed by atoms with Crippen LogP contribution in [-0.4, -0.2) is 11.0 Å². The molecule has 4 rings (SSSR count). The first kappa shape index (κ1) is 13.1. The largest absolute Gasteiger partial charge is 0.366 e. The van der Waals surface area contributed by atoms with Crippen molar-refractivity contribution < 1.29 is 0 Å². The number of fused-ring (bicyclic) bond motifs is 1. The Labute approximate surface area is 125 Å². The summed E-state index contributed by atoms with van der Waals surface area (Å²) in [7, 11) is 0. The van der Waals surface area contributed by atoms with E-state index < -0.39 is 0 Å². The van der Waals surface area contributed by atoms with Crippen LogP contribution in [0.5, 0.6) is 0 Å². The third-order valence-corrected chi connectivity index (χ3v) is 4.91. The average Bonchev–Trinajstić information content (AvgIpc) is 3.38. The Morgan fingerprint density at radius 1 is 1.24 bits per heavy atom. The third-order valence-electron chi connectivity index (χ3n) is 4.91. The van der Waals surface area contributed by atoms with E-state index in [1.54, 1.807) is 0 Å². The number of aromatic nitrogens is 1. The number of aryl methyl sites for hydroxylation is 1. The summed E-state index contributed by atoms with van der Waals surface area (Å²) >= 11 is 0. The number of anilines is 1. The van der Waals surface area contributed by atoms with E-state index in [0.29, 0.717) is 12.6 Å². The van der Waals surface area contributed by atoms with Crippen molar-refractivity contribution in [1.29, 1.82) is 0 Å². The summed E-state index contributed by atoms with van der Waals surface area (Å²) in [5, 5.41) is 4.94. The minimum absolute atomic E-state index is 0.543. The SMILES string of the molecule is Cc1cccc2cc(CN)c(NC(C3CC3)C3CC3)nc12. The molecule has 2 aliphatic rings. The predicted molar refractivity (Wildman–Crippen MR) is 87.2 cm³/mol. The van der Waals surface area contributed by atoms with Gasteiger partial charge in [-0.3, -0.25) is 0 Å². The molecule has 3 N–H and O–H groups in total. The number of nitrogens with two attached hydrogens (primary N) is 1. The molecule has 0 spiro atoms. The third kappa shape index (κ3) is 2.51. The Bertz CT molecular complexity index is 659. The second-order valence-electron chi connectivity index (χ2n) is 6.69. The summed E-state index contributed by atoms with van der Waals surface area (Å²) in [6, 6.07) is 9.15. The Kier molecular flexibility index (Phi) is 3.11.